The molecule has 3 nitrogen and oxygen atoms in total. The van der Waals surface area contributed by atoms with Crippen LogP contribution in [0.1, 0.15) is 119 Å². The molecule has 5 rings (SSSR count). The Bertz CT molecular complexity index is 799. The second kappa shape index (κ2) is 7.70. The molecule has 3 heteroatoms. The van der Waals surface area contributed by atoms with E-state index in [1.54, 1.807) is 13.8 Å². The number of aliphatic hydroxyl groups excluding tert-OH is 1. The summed E-state index contributed by atoms with van der Waals surface area (Å²) in [5, 5.41) is 20.7. The van der Waals surface area contributed by atoms with E-state index >= 15 is 0 Å². The van der Waals surface area contributed by atoms with Gasteiger partial charge in [-0.1, -0.05) is 34.6 Å². The van der Waals surface area contributed by atoms with Gasteiger partial charge in [0.25, 0.3) is 0 Å². The molecule has 2 N–H and O–H groups in total. The fraction of sp³-hybridized carbons (Fsp3) is 1.00. The predicted molar refractivity (Wildman–Crippen MR) is 138 cm³/mol. The fourth-order valence-corrected chi connectivity index (χ4v) is 11.7. The molecule has 10 unspecified atom stereocenters. The molecular weight excluding hydrogens is 420 g/mol. The average Bonchev–Trinajstić information content (AvgIpc) is 3.33. The van der Waals surface area contributed by atoms with Crippen LogP contribution < -0.4 is 0 Å². The summed E-state index contributed by atoms with van der Waals surface area (Å²) in [5.74, 6) is 3.09. The first kappa shape index (κ1) is 25.5. The van der Waals surface area contributed by atoms with Crippen molar-refractivity contribution < 1.29 is 14.9 Å². The van der Waals surface area contributed by atoms with E-state index in [1.165, 1.54) is 57.8 Å². The molecule has 5 aliphatic rings. The smallest absolute Gasteiger partial charge is 0.0849 e. The summed E-state index contributed by atoms with van der Waals surface area (Å²) in [6, 6.07) is 0. The number of methoxy groups -OCH3 is 1. The second-order valence-corrected chi connectivity index (χ2v) is 15.5. The summed E-state index contributed by atoms with van der Waals surface area (Å²) in [6.45, 7) is 16.3. The lowest BCUT2D eigenvalue weighted by atomic mass is 9.41. The van der Waals surface area contributed by atoms with Crippen LogP contribution in [0.3, 0.4) is 0 Å². The molecule has 5 saturated carbocycles. The highest BCUT2D eigenvalue weighted by Gasteiger charge is 2.82. The van der Waals surface area contributed by atoms with Crippen molar-refractivity contribution in [3.8, 4) is 0 Å². The van der Waals surface area contributed by atoms with E-state index in [1.807, 2.05) is 7.11 Å². The quantitative estimate of drug-likeness (QED) is 0.436. The molecule has 0 bridgehead atoms. The minimum Gasteiger partial charge on any atom is -0.390 e. The lowest BCUT2D eigenvalue weighted by molar-refractivity contribution is -0.166. The van der Waals surface area contributed by atoms with Crippen LogP contribution in [0.5, 0.6) is 0 Å². The molecule has 0 heterocycles. The van der Waals surface area contributed by atoms with Crippen molar-refractivity contribution in [2.24, 2.45) is 50.7 Å². The van der Waals surface area contributed by atoms with Crippen LogP contribution in [0.4, 0.5) is 0 Å². The summed E-state index contributed by atoms with van der Waals surface area (Å²) >= 11 is 0. The van der Waals surface area contributed by atoms with Gasteiger partial charge in [0.15, 0.2) is 0 Å². The molecule has 2 spiro atoms. The monoisotopic (exact) mass is 474 g/mol. The van der Waals surface area contributed by atoms with Crippen LogP contribution in [-0.4, -0.2) is 35.1 Å². The SMILES string of the molecule is COC1CCC23CC24CCC2(C)C(C(C)CCC(O)C(C)(C)O)CCC2(C)C4CCC3C1(C)C. The maximum atomic E-state index is 10.4. The van der Waals surface area contributed by atoms with Crippen LogP contribution in [0, 0.1) is 50.7 Å². The van der Waals surface area contributed by atoms with Crippen LogP contribution in [-0.2, 0) is 4.74 Å². The van der Waals surface area contributed by atoms with Gasteiger partial charge in [-0.25, -0.2) is 0 Å². The van der Waals surface area contributed by atoms with Crippen LogP contribution in [0.25, 0.3) is 0 Å². The highest BCUT2D eigenvalue weighted by molar-refractivity contribution is 5.30. The minimum atomic E-state index is -1.00. The number of aliphatic hydroxyl groups is 2. The normalized spacial score (nSPS) is 51.0. The van der Waals surface area contributed by atoms with E-state index in [2.05, 4.69) is 34.6 Å². The Balaban J connectivity index is 1.36. The van der Waals surface area contributed by atoms with Crippen molar-refractivity contribution in [1.29, 1.82) is 0 Å². The molecule has 0 aromatic heterocycles. The first-order valence-electron chi connectivity index (χ1n) is 14.6. The Hall–Kier alpha value is -0.120. The van der Waals surface area contributed by atoms with Crippen molar-refractivity contribution >= 4 is 0 Å². The minimum absolute atomic E-state index is 0.303. The van der Waals surface area contributed by atoms with Gasteiger partial charge in [0.05, 0.1) is 17.8 Å². The maximum Gasteiger partial charge on any atom is 0.0849 e. The number of fused-ring (bicyclic) bond motifs is 2. The fourth-order valence-electron chi connectivity index (χ4n) is 11.7. The summed E-state index contributed by atoms with van der Waals surface area (Å²) in [5.41, 5.74) is 1.37. The third kappa shape index (κ3) is 3.11. The van der Waals surface area contributed by atoms with E-state index in [4.69, 9.17) is 4.74 Å². The summed E-state index contributed by atoms with van der Waals surface area (Å²) < 4.78 is 6.03. The molecule has 196 valence electrons. The van der Waals surface area contributed by atoms with Gasteiger partial charge in [0, 0.05) is 7.11 Å². The average molecular weight is 475 g/mol. The topological polar surface area (TPSA) is 49.7 Å². The molecule has 5 aliphatic carbocycles. The molecule has 0 aromatic carbocycles. The number of hydrogen-bond donors (Lipinski definition) is 2. The van der Waals surface area contributed by atoms with Crippen LogP contribution in [0.2, 0.25) is 0 Å². The zero-order valence-electron chi connectivity index (χ0n) is 23.5. The zero-order valence-corrected chi connectivity index (χ0v) is 23.5. The van der Waals surface area contributed by atoms with E-state index < -0.39 is 11.7 Å². The number of ether oxygens (including phenoxy) is 1. The van der Waals surface area contributed by atoms with Gasteiger partial charge in [-0.15, -0.1) is 0 Å². The van der Waals surface area contributed by atoms with Gasteiger partial charge in [0.2, 0.25) is 0 Å². The van der Waals surface area contributed by atoms with Gasteiger partial charge < -0.3 is 14.9 Å². The van der Waals surface area contributed by atoms with Crippen molar-refractivity contribution in [2.75, 3.05) is 7.11 Å². The molecule has 0 aliphatic heterocycles. The first-order valence-corrected chi connectivity index (χ1v) is 14.6. The van der Waals surface area contributed by atoms with Crippen molar-refractivity contribution in [2.45, 2.75) is 137 Å². The largest absolute Gasteiger partial charge is 0.390 e. The lowest BCUT2D eigenvalue weighted by Crippen LogP contribution is -2.57. The zero-order chi connectivity index (χ0) is 24.9. The van der Waals surface area contributed by atoms with Gasteiger partial charge in [-0.2, -0.15) is 0 Å². The van der Waals surface area contributed by atoms with E-state index in [0.717, 1.165) is 24.2 Å². The molecule has 5 fully saturated rings. The summed E-state index contributed by atoms with van der Waals surface area (Å²) in [6.07, 6.45) is 14.1. The first-order chi connectivity index (χ1) is 15.7. The molecule has 0 aromatic rings. The van der Waals surface area contributed by atoms with Gasteiger partial charge in [-0.3, -0.25) is 0 Å². The van der Waals surface area contributed by atoms with Crippen molar-refractivity contribution in [3.05, 3.63) is 0 Å². The molecule has 10 atom stereocenters. The third-order valence-corrected chi connectivity index (χ3v) is 13.8. The Morgan fingerprint density at radius 2 is 1.50 bits per heavy atom. The number of hydrogen-bond acceptors (Lipinski definition) is 3. The molecule has 0 saturated heterocycles. The van der Waals surface area contributed by atoms with Gasteiger partial charge in [-0.05, 0) is 135 Å². The second-order valence-electron chi connectivity index (χ2n) is 15.5. The van der Waals surface area contributed by atoms with Crippen molar-refractivity contribution in [1.82, 2.24) is 0 Å². The van der Waals surface area contributed by atoms with E-state index in [9.17, 15) is 10.2 Å². The molecule has 34 heavy (non-hydrogen) atoms. The Morgan fingerprint density at radius 3 is 2.15 bits per heavy atom. The standard InChI is InChI=1S/C31H54O3/c1-20(9-12-24(32)27(4,5)33)21-13-15-29(7)23-11-10-22-26(2,3)25(34-8)14-16-30(22)19-31(23,30)18-17-28(21,29)6/h20-25,32-33H,9-19H2,1-8H3. The predicted octanol–water partition coefficient (Wildman–Crippen LogP) is 6.99. The highest BCUT2D eigenvalue weighted by atomic mass is 16.5. The molecular formula is C31H54O3. The Kier molecular flexibility index (Phi) is 5.78. The molecule has 0 amide bonds. The van der Waals surface area contributed by atoms with Crippen LogP contribution in [0.15, 0.2) is 0 Å². The lowest BCUT2D eigenvalue weighted by Gasteiger charge is -2.63. The Morgan fingerprint density at radius 1 is 0.853 bits per heavy atom. The van der Waals surface area contributed by atoms with E-state index in [0.29, 0.717) is 45.5 Å². The summed E-state index contributed by atoms with van der Waals surface area (Å²) in [4.78, 5) is 0. The third-order valence-electron chi connectivity index (χ3n) is 13.8. The maximum absolute atomic E-state index is 10.4. The summed E-state index contributed by atoms with van der Waals surface area (Å²) in [7, 11) is 1.94. The van der Waals surface area contributed by atoms with Gasteiger partial charge >= 0.3 is 0 Å². The van der Waals surface area contributed by atoms with Gasteiger partial charge in [0.1, 0.15) is 0 Å². The highest BCUT2D eigenvalue weighted by Crippen LogP contribution is 2.89. The van der Waals surface area contributed by atoms with E-state index in [-0.39, 0.29) is 0 Å². The van der Waals surface area contributed by atoms with Crippen LogP contribution >= 0.6 is 0 Å². The number of rotatable bonds is 6. The van der Waals surface area contributed by atoms with Crippen molar-refractivity contribution in [3.63, 3.8) is 0 Å². The molecule has 0 radical (unpaired) electrons. The Labute approximate surface area is 209 Å².